The number of carbonyl (C=O) groups excluding carboxylic acids is 1. The third-order valence-electron chi connectivity index (χ3n) is 6.21. The summed E-state index contributed by atoms with van der Waals surface area (Å²) in [6.07, 6.45) is 4.71. The van der Waals surface area contributed by atoms with Crippen molar-refractivity contribution >= 4 is 17.4 Å². The van der Waals surface area contributed by atoms with Crippen LogP contribution in [0.5, 0.6) is 0 Å². The highest BCUT2D eigenvalue weighted by Crippen LogP contribution is 2.31. The Balaban J connectivity index is 1.60. The van der Waals surface area contributed by atoms with Gasteiger partial charge in [0.25, 0.3) is 5.91 Å². The van der Waals surface area contributed by atoms with Gasteiger partial charge in [0, 0.05) is 30.0 Å². The van der Waals surface area contributed by atoms with Crippen molar-refractivity contribution in [2.45, 2.75) is 50.2 Å². The summed E-state index contributed by atoms with van der Waals surface area (Å²) in [5, 5.41) is 36.1. The lowest BCUT2D eigenvalue weighted by molar-refractivity contribution is -0.114. The van der Waals surface area contributed by atoms with Crippen molar-refractivity contribution in [3.05, 3.63) is 77.2 Å². The minimum Gasteiger partial charge on any atom is -0.384 e. The van der Waals surface area contributed by atoms with E-state index in [0.717, 1.165) is 18.4 Å². The van der Waals surface area contributed by atoms with Gasteiger partial charge in [-0.05, 0) is 67.6 Å². The number of amidine groups is 1. The molecule has 9 heteroatoms. The highest BCUT2D eigenvalue weighted by Gasteiger charge is 2.34. The monoisotopic (exact) mass is 473 g/mol. The average Bonchev–Trinajstić information content (AvgIpc) is 2.85. The first-order chi connectivity index (χ1) is 16.8. The minimum absolute atomic E-state index is 0.0623. The minimum atomic E-state index is -0.790. The maximum absolute atomic E-state index is 13.1. The lowest BCUT2D eigenvalue weighted by Gasteiger charge is -2.39. The number of hydrogen-bond donors (Lipinski definition) is 5. The Bertz CT molecular complexity index is 1150. The first-order valence-electron chi connectivity index (χ1n) is 11.3. The third kappa shape index (κ3) is 7.13. The zero-order valence-corrected chi connectivity index (χ0v) is 19.3. The van der Waals surface area contributed by atoms with Crippen LogP contribution in [0.1, 0.15) is 43.2 Å². The van der Waals surface area contributed by atoms with Crippen LogP contribution in [0.3, 0.4) is 0 Å². The average molecular weight is 474 g/mol. The van der Waals surface area contributed by atoms with Crippen molar-refractivity contribution in [1.82, 2.24) is 10.6 Å². The van der Waals surface area contributed by atoms with Gasteiger partial charge in [0.1, 0.15) is 11.7 Å². The van der Waals surface area contributed by atoms with Crippen molar-refractivity contribution < 1.29 is 9.18 Å². The molecule has 0 bridgehead atoms. The Hall–Kier alpha value is -4.21. The first kappa shape index (κ1) is 25.4. The maximum Gasteiger partial charge on any atom is 0.253 e. The summed E-state index contributed by atoms with van der Waals surface area (Å²) in [4.78, 5) is 12.0. The summed E-state index contributed by atoms with van der Waals surface area (Å²) >= 11 is 0. The van der Waals surface area contributed by atoms with Gasteiger partial charge >= 0.3 is 0 Å². The van der Waals surface area contributed by atoms with Crippen LogP contribution in [0.15, 0.2) is 60.3 Å². The normalized spacial score (nSPS) is 19.7. The second-order valence-corrected chi connectivity index (χ2v) is 8.65. The van der Waals surface area contributed by atoms with Crippen LogP contribution in [-0.2, 0) is 11.3 Å². The maximum atomic E-state index is 13.1. The van der Waals surface area contributed by atoms with Crippen molar-refractivity contribution in [2.24, 2.45) is 5.73 Å². The van der Waals surface area contributed by atoms with E-state index in [1.54, 1.807) is 12.1 Å². The van der Waals surface area contributed by atoms with Crippen LogP contribution in [0.25, 0.3) is 0 Å². The molecule has 1 saturated carbocycles. The van der Waals surface area contributed by atoms with Gasteiger partial charge in [-0.15, -0.1) is 0 Å². The summed E-state index contributed by atoms with van der Waals surface area (Å²) in [5.41, 5.74) is 7.08. The molecule has 1 aliphatic rings. The highest BCUT2D eigenvalue weighted by molar-refractivity contribution is 6.23. The van der Waals surface area contributed by atoms with Crippen LogP contribution < -0.4 is 21.7 Å². The van der Waals surface area contributed by atoms with Crippen molar-refractivity contribution in [3.8, 4) is 12.1 Å². The quantitative estimate of drug-likeness (QED) is 0.214. The molecule has 35 heavy (non-hydrogen) atoms. The molecule has 1 fully saturated rings. The zero-order valence-electron chi connectivity index (χ0n) is 19.3. The van der Waals surface area contributed by atoms with E-state index >= 15 is 0 Å². The van der Waals surface area contributed by atoms with E-state index in [2.05, 4.69) is 28.1 Å². The largest absolute Gasteiger partial charge is 0.384 e. The second-order valence-electron chi connectivity index (χ2n) is 8.65. The fourth-order valence-corrected chi connectivity index (χ4v) is 4.09. The Kier molecular flexibility index (Phi) is 8.55. The summed E-state index contributed by atoms with van der Waals surface area (Å²) < 4.78 is 13.1. The van der Waals surface area contributed by atoms with Gasteiger partial charge in [-0.2, -0.15) is 10.5 Å². The molecule has 0 heterocycles. The van der Waals surface area contributed by atoms with Gasteiger partial charge in [0.05, 0.1) is 29.7 Å². The predicted octanol–water partition coefficient (Wildman–Crippen LogP) is 3.43. The number of nitrogens with one attached hydrogen (secondary N) is 4. The molecule has 0 aliphatic heterocycles. The van der Waals surface area contributed by atoms with Crippen molar-refractivity contribution in [3.63, 3.8) is 0 Å². The summed E-state index contributed by atoms with van der Waals surface area (Å²) in [7, 11) is 0. The number of hydrogen-bond acceptors (Lipinski definition) is 6. The summed E-state index contributed by atoms with van der Waals surface area (Å²) in [6.45, 7) is 0.687. The molecule has 3 rings (SSSR count). The van der Waals surface area contributed by atoms with Gasteiger partial charge < -0.3 is 21.7 Å². The second kappa shape index (κ2) is 11.8. The summed E-state index contributed by atoms with van der Waals surface area (Å²) in [5.74, 6) is -1.42. The van der Waals surface area contributed by atoms with Gasteiger partial charge in [0.2, 0.25) is 0 Å². The van der Waals surface area contributed by atoms with Crippen LogP contribution in [0.4, 0.5) is 10.1 Å². The standard InChI is InChI=1S/C26H28FN7O/c27-20-5-7-22(8-6-20)34-24(30)23(25(31)35)17-33-26(13-14-28)11-9-21(10-12-26)32-16-19-3-1-18(15-29)2-4-19/h1-8,17,21,32-33H,9-13,16H2,(H2,30,34)(H2,31,35)/b23-17+. The fourth-order valence-electron chi connectivity index (χ4n) is 4.09. The molecule has 1 amide bonds. The molecule has 8 nitrogen and oxygen atoms in total. The Labute approximate surface area is 204 Å². The van der Waals surface area contributed by atoms with E-state index in [-0.39, 0.29) is 23.9 Å². The van der Waals surface area contributed by atoms with Crippen LogP contribution in [0.2, 0.25) is 0 Å². The highest BCUT2D eigenvalue weighted by atomic mass is 19.1. The summed E-state index contributed by atoms with van der Waals surface area (Å²) in [6, 6.07) is 17.5. The smallest absolute Gasteiger partial charge is 0.253 e. The number of nitrogens with two attached hydrogens (primary N) is 1. The Morgan fingerprint density at radius 2 is 1.80 bits per heavy atom. The van der Waals surface area contributed by atoms with E-state index in [9.17, 15) is 14.4 Å². The van der Waals surface area contributed by atoms with Crippen molar-refractivity contribution in [2.75, 3.05) is 5.32 Å². The predicted molar refractivity (Wildman–Crippen MR) is 131 cm³/mol. The Morgan fingerprint density at radius 3 is 2.37 bits per heavy atom. The zero-order chi connectivity index (χ0) is 25.3. The molecule has 0 aromatic heterocycles. The van der Waals surface area contributed by atoms with Crippen molar-refractivity contribution in [1.29, 1.82) is 15.9 Å². The first-order valence-corrected chi connectivity index (χ1v) is 11.3. The van der Waals surface area contributed by atoms with Crippen LogP contribution in [0, 0.1) is 33.9 Å². The number of nitrogens with zero attached hydrogens (tertiary/aromatic N) is 2. The van der Waals surface area contributed by atoms with Gasteiger partial charge in [-0.1, -0.05) is 12.1 Å². The van der Waals surface area contributed by atoms with Gasteiger partial charge in [0.15, 0.2) is 0 Å². The molecule has 6 N–H and O–H groups in total. The number of carbonyl (C=O) groups is 1. The molecule has 1 aliphatic carbocycles. The number of nitriles is 2. The molecule has 0 unspecified atom stereocenters. The lowest BCUT2D eigenvalue weighted by atomic mass is 9.77. The number of halogens is 1. The molecule has 2 aromatic rings. The fraction of sp³-hybridized carbons (Fsp3) is 0.308. The lowest BCUT2D eigenvalue weighted by Crippen LogP contribution is -2.49. The molecule has 180 valence electrons. The number of amides is 1. The third-order valence-corrected chi connectivity index (χ3v) is 6.21. The number of rotatable bonds is 9. The molecule has 0 spiro atoms. The van der Waals surface area contributed by atoms with E-state index in [1.807, 2.05) is 12.1 Å². The molecule has 2 aromatic carbocycles. The number of anilines is 1. The number of primary amides is 1. The number of benzene rings is 2. The van der Waals surface area contributed by atoms with Gasteiger partial charge in [-0.3, -0.25) is 10.2 Å². The van der Waals surface area contributed by atoms with Crippen LogP contribution in [-0.4, -0.2) is 23.3 Å². The molecule has 0 atom stereocenters. The van der Waals surface area contributed by atoms with E-state index < -0.39 is 17.3 Å². The van der Waals surface area contributed by atoms with Gasteiger partial charge in [-0.25, -0.2) is 4.39 Å². The van der Waals surface area contributed by atoms with E-state index in [4.69, 9.17) is 16.4 Å². The van der Waals surface area contributed by atoms with E-state index in [0.29, 0.717) is 30.6 Å². The molecule has 0 saturated heterocycles. The van der Waals surface area contributed by atoms with Crippen LogP contribution >= 0.6 is 0 Å². The molecular formula is C26H28FN7O. The topological polar surface area (TPSA) is 151 Å². The molecule has 0 radical (unpaired) electrons. The molecular weight excluding hydrogens is 445 g/mol. The SMILES string of the molecule is N#CCC1(N/C=C(\C(=N)Nc2ccc(F)cc2)C(N)=O)CCC(NCc2ccc(C#N)cc2)CC1. The van der Waals surface area contributed by atoms with E-state index in [1.165, 1.54) is 30.5 Å². The Morgan fingerprint density at radius 1 is 1.14 bits per heavy atom.